The normalized spacial score (nSPS) is 10.4. The third kappa shape index (κ3) is 5.10. The van der Waals surface area contributed by atoms with Gasteiger partial charge in [-0.05, 0) is 31.2 Å². The minimum atomic E-state index is -4.28. The van der Waals surface area contributed by atoms with Gasteiger partial charge in [-0.2, -0.15) is 13.2 Å². The number of hydrogen-bond donors (Lipinski definition) is 0. The molecule has 0 N–H and O–H groups in total. The van der Waals surface area contributed by atoms with Crippen molar-refractivity contribution in [3.05, 3.63) is 60.2 Å². The molecule has 0 aliphatic carbocycles. The van der Waals surface area contributed by atoms with Gasteiger partial charge in [-0.3, -0.25) is 9.97 Å². The van der Waals surface area contributed by atoms with Crippen LogP contribution in [0.1, 0.15) is 11.3 Å². The monoisotopic (exact) mass is 240 g/mol. The lowest BCUT2D eigenvalue weighted by Crippen LogP contribution is -2.05. The topological polar surface area (TPSA) is 25.8 Å². The lowest BCUT2D eigenvalue weighted by Gasteiger charge is -2.04. The van der Waals surface area contributed by atoms with Crippen molar-refractivity contribution < 1.29 is 13.2 Å². The molecule has 0 amide bonds. The molecule has 2 rings (SSSR count). The van der Waals surface area contributed by atoms with Crippen molar-refractivity contribution in [2.24, 2.45) is 0 Å². The third-order valence-corrected chi connectivity index (χ3v) is 1.81. The van der Waals surface area contributed by atoms with Crippen LogP contribution in [0.15, 0.2) is 48.9 Å². The van der Waals surface area contributed by atoms with E-state index in [0.29, 0.717) is 5.69 Å². The molecule has 0 aliphatic heterocycles. The summed E-state index contributed by atoms with van der Waals surface area (Å²) in [5.41, 5.74) is -0.124. The van der Waals surface area contributed by atoms with Crippen LogP contribution in [0.3, 0.4) is 0 Å². The van der Waals surface area contributed by atoms with E-state index in [2.05, 4.69) is 9.97 Å². The average Bonchev–Trinajstić information content (AvgIpc) is 2.31. The van der Waals surface area contributed by atoms with Gasteiger partial charge in [0.2, 0.25) is 0 Å². The number of hydrogen-bond acceptors (Lipinski definition) is 2. The number of nitrogens with zero attached hydrogens (tertiary/aromatic N) is 2. The molecule has 0 aromatic carbocycles. The Morgan fingerprint density at radius 2 is 1.65 bits per heavy atom. The van der Waals surface area contributed by atoms with Gasteiger partial charge in [0.05, 0.1) is 5.56 Å². The Labute approximate surface area is 97.2 Å². The smallest absolute Gasteiger partial charge is 0.265 e. The van der Waals surface area contributed by atoms with Crippen molar-refractivity contribution >= 4 is 0 Å². The van der Waals surface area contributed by atoms with E-state index in [9.17, 15) is 13.2 Å². The zero-order chi connectivity index (χ0) is 12.7. The summed E-state index contributed by atoms with van der Waals surface area (Å²) in [7, 11) is 0. The molecule has 5 heteroatoms. The van der Waals surface area contributed by atoms with E-state index in [1.807, 2.05) is 18.2 Å². The summed E-state index contributed by atoms with van der Waals surface area (Å²) >= 11 is 0. The summed E-state index contributed by atoms with van der Waals surface area (Å²) in [4.78, 5) is 7.31. The summed E-state index contributed by atoms with van der Waals surface area (Å²) in [5, 5.41) is 0. The number of alkyl halides is 3. The van der Waals surface area contributed by atoms with E-state index >= 15 is 0 Å². The molecule has 0 atom stereocenters. The molecular formula is C12H11F3N2. The van der Waals surface area contributed by atoms with E-state index in [-0.39, 0.29) is 0 Å². The van der Waals surface area contributed by atoms with Crippen LogP contribution >= 0.6 is 0 Å². The molecule has 2 aromatic rings. The maximum Gasteiger partial charge on any atom is 0.417 e. The van der Waals surface area contributed by atoms with Gasteiger partial charge < -0.3 is 0 Å². The van der Waals surface area contributed by atoms with E-state index in [1.54, 1.807) is 19.3 Å². The fourth-order valence-corrected chi connectivity index (χ4v) is 0.948. The SMILES string of the molecule is Cc1ccc(C(F)(F)F)cn1.c1ccncc1. The van der Waals surface area contributed by atoms with Gasteiger partial charge in [-0.25, -0.2) is 0 Å². The predicted octanol–water partition coefficient (Wildman–Crippen LogP) is 3.49. The Hall–Kier alpha value is -1.91. The number of pyridine rings is 2. The van der Waals surface area contributed by atoms with Gasteiger partial charge in [-0.15, -0.1) is 0 Å². The van der Waals surface area contributed by atoms with E-state index in [1.165, 1.54) is 6.07 Å². The van der Waals surface area contributed by atoms with E-state index < -0.39 is 11.7 Å². The molecular weight excluding hydrogens is 229 g/mol. The maximum atomic E-state index is 11.9. The molecule has 0 aliphatic rings. The standard InChI is InChI=1S/C7H6F3N.C5H5N/c1-5-2-3-6(4-11-5)7(8,9)10;1-2-4-6-5-3-1/h2-4H,1H3;1-5H. The third-order valence-electron chi connectivity index (χ3n) is 1.81. The summed E-state index contributed by atoms with van der Waals surface area (Å²) < 4.78 is 35.6. The molecule has 0 bridgehead atoms. The molecule has 90 valence electrons. The van der Waals surface area contributed by atoms with Gasteiger partial charge in [0, 0.05) is 24.3 Å². The van der Waals surface area contributed by atoms with E-state index in [0.717, 1.165) is 12.3 Å². The highest BCUT2D eigenvalue weighted by Crippen LogP contribution is 2.28. The van der Waals surface area contributed by atoms with Crippen LogP contribution in [0.5, 0.6) is 0 Å². The first kappa shape index (κ1) is 13.2. The highest BCUT2D eigenvalue weighted by atomic mass is 19.4. The van der Waals surface area contributed by atoms with Crippen molar-refractivity contribution in [1.82, 2.24) is 9.97 Å². The van der Waals surface area contributed by atoms with Gasteiger partial charge in [0.1, 0.15) is 0 Å². The van der Waals surface area contributed by atoms with Crippen LogP contribution in [-0.2, 0) is 6.18 Å². The van der Waals surface area contributed by atoms with Crippen molar-refractivity contribution in [1.29, 1.82) is 0 Å². The summed E-state index contributed by atoms with van der Waals surface area (Å²) in [6.45, 7) is 1.64. The zero-order valence-electron chi connectivity index (χ0n) is 9.15. The molecule has 0 spiro atoms. The molecule has 2 nitrogen and oxygen atoms in total. The van der Waals surface area contributed by atoms with Crippen LogP contribution in [0, 0.1) is 6.92 Å². The van der Waals surface area contributed by atoms with Crippen molar-refractivity contribution in [2.45, 2.75) is 13.1 Å². The molecule has 2 heterocycles. The van der Waals surface area contributed by atoms with Gasteiger partial charge >= 0.3 is 6.18 Å². The second-order valence-corrected chi connectivity index (χ2v) is 3.21. The first-order valence-corrected chi connectivity index (χ1v) is 4.85. The van der Waals surface area contributed by atoms with Crippen LogP contribution < -0.4 is 0 Å². The second kappa shape index (κ2) is 5.98. The molecule has 0 saturated carbocycles. The first-order chi connectivity index (χ1) is 8.00. The van der Waals surface area contributed by atoms with Crippen molar-refractivity contribution in [3.63, 3.8) is 0 Å². The maximum absolute atomic E-state index is 11.9. The highest BCUT2D eigenvalue weighted by molar-refractivity contribution is 5.15. The highest BCUT2D eigenvalue weighted by Gasteiger charge is 2.30. The quantitative estimate of drug-likeness (QED) is 0.704. The molecule has 2 aromatic heterocycles. The average molecular weight is 240 g/mol. The second-order valence-electron chi connectivity index (χ2n) is 3.21. The fourth-order valence-electron chi connectivity index (χ4n) is 0.948. The summed E-state index contributed by atoms with van der Waals surface area (Å²) in [6.07, 6.45) is 0.0516. The van der Waals surface area contributed by atoms with Crippen molar-refractivity contribution in [3.8, 4) is 0 Å². The largest absolute Gasteiger partial charge is 0.417 e. The minimum absolute atomic E-state index is 0.581. The molecule has 0 radical (unpaired) electrons. The predicted molar refractivity (Wildman–Crippen MR) is 58.2 cm³/mol. The lowest BCUT2D eigenvalue weighted by molar-refractivity contribution is -0.137. The van der Waals surface area contributed by atoms with E-state index in [4.69, 9.17) is 0 Å². The van der Waals surface area contributed by atoms with Gasteiger partial charge in [0.15, 0.2) is 0 Å². The van der Waals surface area contributed by atoms with Crippen LogP contribution in [0.4, 0.5) is 13.2 Å². The summed E-state index contributed by atoms with van der Waals surface area (Å²) in [5.74, 6) is 0. The summed E-state index contributed by atoms with van der Waals surface area (Å²) in [6, 6.07) is 8.07. The van der Waals surface area contributed by atoms with Gasteiger partial charge in [0.25, 0.3) is 0 Å². The Morgan fingerprint density at radius 1 is 1.00 bits per heavy atom. The fraction of sp³-hybridized carbons (Fsp3) is 0.167. The van der Waals surface area contributed by atoms with Crippen LogP contribution in [-0.4, -0.2) is 9.97 Å². The Balaban J connectivity index is 0.000000202. The Morgan fingerprint density at radius 3 is 1.94 bits per heavy atom. The lowest BCUT2D eigenvalue weighted by atomic mass is 10.2. The Kier molecular flexibility index (Phi) is 4.63. The first-order valence-electron chi connectivity index (χ1n) is 4.85. The number of rotatable bonds is 0. The molecule has 0 saturated heterocycles. The molecule has 0 unspecified atom stereocenters. The molecule has 17 heavy (non-hydrogen) atoms. The molecule has 0 fully saturated rings. The minimum Gasteiger partial charge on any atom is -0.265 e. The van der Waals surface area contributed by atoms with Crippen molar-refractivity contribution in [2.75, 3.05) is 0 Å². The van der Waals surface area contributed by atoms with Crippen LogP contribution in [0.25, 0.3) is 0 Å². The Bertz CT molecular complexity index is 397. The van der Waals surface area contributed by atoms with Crippen LogP contribution in [0.2, 0.25) is 0 Å². The number of aryl methyl sites for hydroxylation is 1. The number of halogens is 3. The number of aromatic nitrogens is 2. The zero-order valence-corrected chi connectivity index (χ0v) is 9.15. The van der Waals surface area contributed by atoms with Gasteiger partial charge in [-0.1, -0.05) is 6.07 Å².